The summed E-state index contributed by atoms with van der Waals surface area (Å²) in [5.41, 5.74) is 0.746. The number of halogens is 1. The van der Waals surface area contributed by atoms with E-state index in [1.807, 2.05) is 0 Å². The third kappa shape index (κ3) is 3.77. The molecule has 1 atom stereocenters. The summed E-state index contributed by atoms with van der Waals surface area (Å²) in [5.74, 6) is -0.286. The molecule has 0 saturated heterocycles. The van der Waals surface area contributed by atoms with Gasteiger partial charge in [-0.05, 0) is 37.0 Å². The maximum absolute atomic E-state index is 12.8. The molecule has 1 saturated carbocycles. The molecular formula is C14H20FNO2. The number of hydrogen-bond acceptors (Lipinski definition) is 3. The van der Waals surface area contributed by atoms with E-state index in [4.69, 9.17) is 5.11 Å². The Bertz CT molecular complexity index is 365. The standard InChI is InChI=1S/C14H20FNO2/c15-12-3-1-11(2-4-12)14(18)7-8-16(9-10-17)13-5-6-13/h1-4,13-14,17-18H,5-10H2. The van der Waals surface area contributed by atoms with Crippen molar-refractivity contribution in [3.63, 3.8) is 0 Å². The van der Waals surface area contributed by atoms with Crippen LogP contribution in [0.1, 0.15) is 30.9 Å². The second-order valence-electron chi connectivity index (χ2n) is 4.85. The van der Waals surface area contributed by atoms with Crippen molar-refractivity contribution in [3.05, 3.63) is 35.6 Å². The minimum atomic E-state index is -0.564. The fourth-order valence-corrected chi connectivity index (χ4v) is 2.18. The van der Waals surface area contributed by atoms with Crippen LogP contribution in [0.25, 0.3) is 0 Å². The van der Waals surface area contributed by atoms with Crippen molar-refractivity contribution in [2.75, 3.05) is 19.7 Å². The first kappa shape index (κ1) is 13.5. The van der Waals surface area contributed by atoms with Gasteiger partial charge in [0.25, 0.3) is 0 Å². The first-order valence-electron chi connectivity index (χ1n) is 6.49. The summed E-state index contributed by atoms with van der Waals surface area (Å²) in [6, 6.07) is 6.55. The highest BCUT2D eigenvalue weighted by Gasteiger charge is 2.28. The third-order valence-electron chi connectivity index (χ3n) is 3.40. The van der Waals surface area contributed by atoms with Crippen LogP contribution in [0.3, 0.4) is 0 Å². The SMILES string of the molecule is OCCN(CCC(O)c1ccc(F)cc1)C1CC1. The zero-order chi connectivity index (χ0) is 13.0. The molecule has 1 unspecified atom stereocenters. The molecule has 2 N–H and O–H groups in total. The van der Waals surface area contributed by atoms with Gasteiger partial charge >= 0.3 is 0 Å². The molecule has 0 amide bonds. The van der Waals surface area contributed by atoms with E-state index < -0.39 is 6.10 Å². The number of aliphatic hydroxyl groups is 2. The van der Waals surface area contributed by atoms with Crippen molar-refractivity contribution < 1.29 is 14.6 Å². The molecule has 2 rings (SSSR count). The number of rotatable bonds is 7. The van der Waals surface area contributed by atoms with Crippen LogP contribution in [0.5, 0.6) is 0 Å². The normalized spacial score (nSPS) is 17.1. The lowest BCUT2D eigenvalue weighted by atomic mass is 10.1. The van der Waals surface area contributed by atoms with E-state index in [0.717, 1.165) is 12.1 Å². The smallest absolute Gasteiger partial charge is 0.123 e. The van der Waals surface area contributed by atoms with E-state index in [1.165, 1.54) is 25.0 Å². The Kier molecular flexibility index (Phi) is 4.69. The maximum atomic E-state index is 12.8. The van der Waals surface area contributed by atoms with Crippen LogP contribution in [0, 0.1) is 5.82 Å². The van der Waals surface area contributed by atoms with Gasteiger partial charge in [0.15, 0.2) is 0 Å². The molecule has 1 aromatic rings. The average Bonchev–Trinajstić information content (AvgIpc) is 3.19. The van der Waals surface area contributed by atoms with Gasteiger partial charge in [0, 0.05) is 19.1 Å². The van der Waals surface area contributed by atoms with Crippen molar-refractivity contribution in [1.29, 1.82) is 0 Å². The third-order valence-corrected chi connectivity index (χ3v) is 3.40. The van der Waals surface area contributed by atoms with Gasteiger partial charge in [0.05, 0.1) is 12.7 Å². The first-order valence-corrected chi connectivity index (χ1v) is 6.49. The molecular weight excluding hydrogens is 233 g/mol. The molecule has 3 nitrogen and oxygen atoms in total. The molecule has 0 aromatic heterocycles. The van der Waals surface area contributed by atoms with Gasteiger partial charge < -0.3 is 10.2 Å². The molecule has 100 valence electrons. The van der Waals surface area contributed by atoms with Gasteiger partial charge in [0.1, 0.15) is 5.82 Å². The van der Waals surface area contributed by atoms with Crippen LogP contribution in [0.4, 0.5) is 4.39 Å². The minimum absolute atomic E-state index is 0.156. The Morgan fingerprint density at radius 2 is 1.89 bits per heavy atom. The molecule has 4 heteroatoms. The lowest BCUT2D eigenvalue weighted by Gasteiger charge is -2.22. The van der Waals surface area contributed by atoms with Crippen molar-refractivity contribution in [3.8, 4) is 0 Å². The Labute approximate surface area is 107 Å². The highest BCUT2D eigenvalue weighted by atomic mass is 19.1. The highest BCUT2D eigenvalue weighted by Crippen LogP contribution is 2.27. The largest absolute Gasteiger partial charge is 0.395 e. The van der Waals surface area contributed by atoms with Crippen molar-refractivity contribution >= 4 is 0 Å². The van der Waals surface area contributed by atoms with E-state index >= 15 is 0 Å². The zero-order valence-corrected chi connectivity index (χ0v) is 10.4. The summed E-state index contributed by atoms with van der Waals surface area (Å²) in [6.07, 6.45) is 2.42. The predicted molar refractivity (Wildman–Crippen MR) is 67.7 cm³/mol. The summed E-state index contributed by atoms with van der Waals surface area (Å²) in [6.45, 7) is 1.59. The molecule has 0 radical (unpaired) electrons. The average molecular weight is 253 g/mol. The number of aliphatic hydroxyl groups excluding tert-OH is 2. The Morgan fingerprint density at radius 1 is 1.22 bits per heavy atom. The molecule has 0 aliphatic heterocycles. The lowest BCUT2D eigenvalue weighted by Crippen LogP contribution is -2.31. The summed E-state index contributed by atoms with van der Waals surface area (Å²) in [7, 11) is 0. The predicted octanol–water partition coefficient (Wildman–Crippen LogP) is 1.71. The van der Waals surface area contributed by atoms with Crippen LogP contribution in [-0.2, 0) is 0 Å². The van der Waals surface area contributed by atoms with Gasteiger partial charge in [-0.1, -0.05) is 12.1 Å². The second kappa shape index (κ2) is 6.27. The highest BCUT2D eigenvalue weighted by molar-refractivity contribution is 5.18. The number of benzene rings is 1. The van der Waals surface area contributed by atoms with Gasteiger partial charge in [0.2, 0.25) is 0 Å². The number of hydrogen-bond donors (Lipinski definition) is 2. The molecule has 0 heterocycles. The molecule has 1 aliphatic carbocycles. The summed E-state index contributed by atoms with van der Waals surface area (Å²) < 4.78 is 12.8. The quantitative estimate of drug-likeness (QED) is 0.777. The summed E-state index contributed by atoms with van der Waals surface area (Å²) in [4.78, 5) is 2.22. The van der Waals surface area contributed by atoms with E-state index in [9.17, 15) is 9.50 Å². The monoisotopic (exact) mass is 253 g/mol. The van der Waals surface area contributed by atoms with Crippen molar-refractivity contribution in [2.24, 2.45) is 0 Å². The summed E-state index contributed by atoms with van der Waals surface area (Å²) in [5, 5.41) is 19.0. The fourth-order valence-electron chi connectivity index (χ4n) is 2.18. The molecule has 18 heavy (non-hydrogen) atoms. The molecule has 1 aliphatic rings. The molecule has 0 bridgehead atoms. The van der Waals surface area contributed by atoms with E-state index in [-0.39, 0.29) is 12.4 Å². The van der Waals surface area contributed by atoms with Crippen LogP contribution >= 0.6 is 0 Å². The number of nitrogens with zero attached hydrogens (tertiary/aromatic N) is 1. The van der Waals surface area contributed by atoms with Crippen molar-refractivity contribution in [2.45, 2.75) is 31.4 Å². The van der Waals surface area contributed by atoms with E-state index in [1.54, 1.807) is 12.1 Å². The molecule has 1 aromatic carbocycles. The van der Waals surface area contributed by atoms with Gasteiger partial charge in [-0.2, -0.15) is 0 Å². The van der Waals surface area contributed by atoms with E-state index in [0.29, 0.717) is 19.0 Å². The van der Waals surface area contributed by atoms with Crippen LogP contribution < -0.4 is 0 Å². The Balaban J connectivity index is 1.82. The lowest BCUT2D eigenvalue weighted by molar-refractivity contribution is 0.127. The van der Waals surface area contributed by atoms with Gasteiger partial charge in [-0.25, -0.2) is 4.39 Å². The zero-order valence-electron chi connectivity index (χ0n) is 10.4. The van der Waals surface area contributed by atoms with Crippen LogP contribution in [-0.4, -0.2) is 40.9 Å². The van der Waals surface area contributed by atoms with Crippen molar-refractivity contribution in [1.82, 2.24) is 4.90 Å². The fraction of sp³-hybridized carbons (Fsp3) is 0.571. The van der Waals surface area contributed by atoms with Crippen LogP contribution in [0.15, 0.2) is 24.3 Å². The van der Waals surface area contributed by atoms with E-state index in [2.05, 4.69) is 4.90 Å². The topological polar surface area (TPSA) is 43.7 Å². The summed E-state index contributed by atoms with van der Waals surface area (Å²) >= 11 is 0. The van der Waals surface area contributed by atoms with Gasteiger partial charge in [-0.15, -0.1) is 0 Å². The van der Waals surface area contributed by atoms with Gasteiger partial charge in [-0.3, -0.25) is 4.90 Å². The van der Waals surface area contributed by atoms with Crippen LogP contribution in [0.2, 0.25) is 0 Å². The maximum Gasteiger partial charge on any atom is 0.123 e. The Morgan fingerprint density at radius 3 is 2.44 bits per heavy atom. The Hall–Kier alpha value is -0.970. The molecule has 1 fully saturated rings. The first-order chi connectivity index (χ1) is 8.70. The molecule has 0 spiro atoms. The minimum Gasteiger partial charge on any atom is -0.395 e. The second-order valence-corrected chi connectivity index (χ2v) is 4.85.